The normalized spacial score (nSPS) is 11.5. The SMILES string of the molecule is O=S(=O)([N-]c1nc2ccccc2nc1-[n+]1ccccc1)c1cccs1. The average molecular weight is 368 g/mol. The summed E-state index contributed by atoms with van der Waals surface area (Å²) in [4.78, 5) is 8.98. The number of sulfonamides is 1. The Balaban J connectivity index is 1.89. The molecule has 0 bridgehead atoms. The first kappa shape index (κ1) is 15.7. The number of fused-ring (bicyclic) bond motifs is 1. The molecule has 4 rings (SSSR count). The third-order valence-corrected chi connectivity index (χ3v) is 6.09. The zero-order valence-corrected chi connectivity index (χ0v) is 14.5. The van der Waals surface area contributed by atoms with E-state index in [9.17, 15) is 8.42 Å². The van der Waals surface area contributed by atoms with Crippen molar-refractivity contribution < 1.29 is 13.0 Å². The standard InChI is InChI=1S/C17H12N4O2S2/c22-25(23,15-9-6-12-24-15)20-16-17(21-10-4-1-5-11-21)19-14-8-3-2-7-13(14)18-16/h1-12H. The highest BCUT2D eigenvalue weighted by Crippen LogP contribution is 2.31. The second-order valence-electron chi connectivity index (χ2n) is 5.14. The van der Waals surface area contributed by atoms with Crippen LogP contribution in [0.5, 0.6) is 0 Å². The zero-order valence-electron chi connectivity index (χ0n) is 12.9. The first-order valence-electron chi connectivity index (χ1n) is 7.38. The number of rotatable bonds is 4. The van der Waals surface area contributed by atoms with E-state index in [2.05, 4.69) is 14.7 Å². The minimum Gasteiger partial charge on any atom is -0.425 e. The van der Waals surface area contributed by atoms with Gasteiger partial charge in [-0.15, -0.1) is 11.3 Å². The van der Waals surface area contributed by atoms with E-state index in [0.717, 1.165) is 11.3 Å². The van der Waals surface area contributed by atoms with Gasteiger partial charge in [-0.05, 0) is 34.6 Å². The van der Waals surface area contributed by atoms with E-state index in [1.165, 1.54) is 6.07 Å². The van der Waals surface area contributed by atoms with Gasteiger partial charge in [-0.1, -0.05) is 30.3 Å². The molecule has 0 aliphatic carbocycles. The molecule has 0 N–H and O–H groups in total. The summed E-state index contributed by atoms with van der Waals surface area (Å²) in [5.74, 6) is 0.419. The molecule has 6 nitrogen and oxygen atoms in total. The van der Waals surface area contributed by atoms with Gasteiger partial charge in [-0.3, -0.25) is 0 Å². The Morgan fingerprint density at radius 2 is 1.60 bits per heavy atom. The van der Waals surface area contributed by atoms with Crippen molar-refractivity contribution in [2.24, 2.45) is 0 Å². The molecule has 3 aromatic heterocycles. The highest BCUT2D eigenvalue weighted by Gasteiger charge is 2.18. The Kier molecular flexibility index (Phi) is 3.90. The molecule has 0 amide bonds. The molecule has 8 heteroatoms. The molecule has 0 atom stereocenters. The van der Waals surface area contributed by atoms with Gasteiger partial charge in [0.15, 0.2) is 5.52 Å². The first-order chi connectivity index (χ1) is 12.1. The van der Waals surface area contributed by atoms with E-state index in [0.29, 0.717) is 16.9 Å². The molecule has 0 aliphatic heterocycles. The second-order valence-corrected chi connectivity index (χ2v) is 7.92. The fraction of sp³-hybridized carbons (Fsp3) is 0. The van der Waals surface area contributed by atoms with E-state index in [-0.39, 0.29) is 10.0 Å². The molecule has 0 aliphatic rings. The Bertz CT molecular complexity index is 1130. The summed E-state index contributed by atoms with van der Waals surface area (Å²) < 4.78 is 30.9. The number of nitrogens with zero attached hydrogens (tertiary/aromatic N) is 4. The summed E-state index contributed by atoms with van der Waals surface area (Å²) in [7, 11) is -3.84. The van der Waals surface area contributed by atoms with Gasteiger partial charge in [-0.2, -0.15) is 0 Å². The number of hydrogen-bond acceptors (Lipinski definition) is 5. The number of thiophene rings is 1. The summed E-state index contributed by atoms with van der Waals surface area (Å²) in [5.41, 5.74) is 1.25. The summed E-state index contributed by atoms with van der Waals surface area (Å²) in [5, 5.41) is 1.70. The fourth-order valence-corrected chi connectivity index (χ4v) is 4.23. The van der Waals surface area contributed by atoms with Crippen molar-refractivity contribution in [1.29, 1.82) is 0 Å². The summed E-state index contributed by atoms with van der Waals surface area (Å²) >= 11 is 1.12. The van der Waals surface area contributed by atoms with Crippen molar-refractivity contribution in [2.45, 2.75) is 4.21 Å². The van der Waals surface area contributed by atoms with Gasteiger partial charge in [0, 0.05) is 11.3 Å². The Morgan fingerprint density at radius 1 is 0.880 bits per heavy atom. The van der Waals surface area contributed by atoms with Crippen LogP contribution >= 0.6 is 11.3 Å². The van der Waals surface area contributed by atoms with E-state index < -0.39 is 10.0 Å². The molecular formula is C17H12N4O2S2. The third kappa shape index (κ3) is 3.09. The third-order valence-electron chi connectivity index (χ3n) is 3.45. The molecule has 0 fully saturated rings. The lowest BCUT2D eigenvalue weighted by atomic mass is 10.3. The summed E-state index contributed by atoms with van der Waals surface area (Å²) in [6.45, 7) is 0. The zero-order chi connectivity index (χ0) is 17.3. The maximum absolute atomic E-state index is 12.5. The highest BCUT2D eigenvalue weighted by atomic mass is 32.2. The maximum Gasteiger partial charge on any atom is 0.327 e. The molecule has 124 valence electrons. The number of para-hydroxylation sites is 2. The van der Waals surface area contributed by atoms with Gasteiger partial charge < -0.3 is 9.71 Å². The van der Waals surface area contributed by atoms with Gasteiger partial charge in [-0.25, -0.2) is 13.0 Å². The van der Waals surface area contributed by atoms with Gasteiger partial charge in [0.1, 0.15) is 4.21 Å². The van der Waals surface area contributed by atoms with Crippen LogP contribution in [0, 0.1) is 0 Å². The smallest absolute Gasteiger partial charge is 0.327 e. The van der Waals surface area contributed by atoms with Crippen LogP contribution in [0.15, 0.2) is 76.6 Å². The van der Waals surface area contributed by atoms with Crippen molar-refractivity contribution in [1.82, 2.24) is 9.97 Å². The molecule has 0 spiro atoms. The van der Waals surface area contributed by atoms with Gasteiger partial charge in [0.25, 0.3) is 0 Å². The first-order valence-corrected chi connectivity index (χ1v) is 9.70. The van der Waals surface area contributed by atoms with Gasteiger partial charge in [0.05, 0.1) is 12.4 Å². The molecule has 3 heterocycles. The highest BCUT2D eigenvalue weighted by molar-refractivity contribution is 7.96. The number of pyridine rings is 1. The fourth-order valence-electron chi connectivity index (χ4n) is 2.32. The number of aromatic nitrogens is 3. The van der Waals surface area contributed by atoms with E-state index in [1.54, 1.807) is 34.5 Å². The second kappa shape index (κ2) is 6.23. The van der Waals surface area contributed by atoms with Crippen LogP contribution in [0.4, 0.5) is 5.82 Å². The van der Waals surface area contributed by atoms with Crippen LogP contribution in [0.25, 0.3) is 21.6 Å². The molecule has 0 saturated heterocycles. The van der Waals surface area contributed by atoms with E-state index in [4.69, 9.17) is 0 Å². The Hall–Kier alpha value is -2.84. The van der Waals surface area contributed by atoms with E-state index in [1.807, 2.05) is 36.4 Å². The quantitative estimate of drug-likeness (QED) is 0.518. The van der Waals surface area contributed by atoms with Gasteiger partial charge in [0.2, 0.25) is 10.0 Å². The molecule has 0 radical (unpaired) electrons. The number of hydrogen-bond donors (Lipinski definition) is 0. The summed E-state index contributed by atoms with van der Waals surface area (Å²) in [6.07, 6.45) is 3.55. The van der Waals surface area contributed by atoms with Crippen molar-refractivity contribution in [3.05, 3.63) is 77.1 Å². The average Bonchev–Trinajstić information content (AvgIpc) is 3.17. The van der Waals surface area contributed by atoms with Crippen molar-refractivity contribution in [2.75, 3.05) is 0 Å². The summed E-state index contributed by atoms with van der Waals surface area (Å²) in [6, 6.07) is 16.0. The lowest BCUT2D eigenvalue weighted by Gasteiger charge is -2.15. The van der Waals surface area contributed by atoms with Crippen LogP contribution in [-0.2, 0) is 10.0 Å². The minimum atomic E-state index is -3.84. The predicted molar refractivity (Wildman–Crippen MR) is 95.6 cm³/mol. The van der Waals surface area contributed by atoms with E-state index >= 15 is 0 Å². The largest absolute Gasteiger partial charge is 0.425 e. The predicted octanol–water partition coefficient (Wildman–Crippen LogP) is 3.36. The molecule has 0 saturated carbocycles. The topological polar surface area (TPSA) is 77.9 Å². The molecule has 25 heavy (non-hydrogen) atoms. The Morgan fingerprint density at radius 3 is 2.28 bits per heavy atom. The maximum atomic E-state index is 12.5. The van der Waals surface area contributed by atoms with Crippen LogP contribution in [0.2, 0.25) is 0 Å². The van der Waals surface area contributed by atoms with Crippen LogP contribution in [-0.4, -0.2) is 18.4 Å². The molecule has 0 unspecified atom stereocenters. The van der Waals surface area contributed by atoms with Crippen molar-refractivity contribution >= 4 is 38.2 Å². The lowest BCUT2D eigenvalue weighted by molar-refractivity contribution is -0.598. The minimum absolute atomic E-state index is 0.0586. The van der Waals surface area contributed by atoms with Crippen LogP contribution in [0.1, 0.15) is 0 Å². The van der Waals surface area contributed by atoms with Gasteiger partial charge >= 0.3 is 5.82 Å². The molecule has 1 aromatic carbocycles. The molecule has 4 aromatic rings. The Labute approximate surface area is 148 Å². The van der Waals surface area contributed by atoms with Crippen molar-refractivity contribution in [3.8, 4) is 5.82 Å². The molecular weight excluding hydrogens is 356 g/mol. The monoisotopic (exact) mass is 368 g/mol. The van der Waals surface area contributed by atoms with Crippen molar-refractivity contribution in [3.63, 3.8) is 0 Å². The van der Waals surface area contributed by atoms with Crippen LogP contribution in [0.3, 0.4) is 0 Å². The van der Waals surface area contributed by atoms with Crippen LogP contribution < -0.4 is 4.57 Å². The lowest BCUT2D eigenvalue weighted by Crippen LogP contribution is -2.31. The number of benzene rings is 1.